The van der Waals surface area contributed by atoms with Gasteiger partial charge < -0.3 is 9.99 Å². The van der Waals surface area contributed by atoms with E-state index in [1.54, 1.807) is 6.33 Å². The molecule has 1 N–H and O–H groups in total. The number of nitrogens with one attached hydrogen (secondary N) is 1. The molecule has 1 saturated heterocycles. The first-order valence-electron chi connectivity index (χ1n) is 10.4. The quantitative estimate of drug-likeness (QED) is 0.523. The summed E-state index contributed by atoms with van der Waals surface area (Å²) >= 11 is 0. The van der Waals surface area contributed by atoms with Crippen LogP contribution in [-0.2, 0) is 6.54 Å². The molecule has 1 fully saturated rings. The van der Waals surface area contributed by atoms with E-state index in [9.17, 15) is 5.26 Å². The zero-order valence-corrected chi connectivity index (χ0v) is 16.8. The highest BCUT2D eigenvalue weighted by molar-refractivity contribution is 5.97. The predicted octanol–water partition coefficient (Wildman–Crippen LogP) is 5.12. The van der Waals surface area contributed by atoms with Crippen LogP contribution in [0.25, 0.3) is 22.0 Å². The number of benzene rings is 3. The van der Waals surface area contributed by atoms with Crippen LogP contribution in [-0.4, -0.2) is 28.1 Å². The van der Waals surface area contributed by atoms with Crippen molar-refractivity contribution < 1.29 is 0 Å². The molecular formula is C25H23N5. The number of rotatable bonds is 4. The van der Waals surface area contributed by atoms with Crippen molar-refractivity contribution in [1.29, 1.82) is 5.26 Å². The summed E-state index contributed by atoms with van der Waals surface area (Å²) in [6.45, 7) is 2.71. The molecule has 4 aromatic rings. The number of fused-ring (bicyclic) bond motifs is 1. The molecule has 1 aliphatic rings. The molecular weight excluding hydrogens is 370 g/mol. The van der Waals surface area contributed by atoms with Crippen molar-refractivity contribution in [2.24, 2.45) is 0 Å². The van der Waals surface area contributed by atoms with Crippen molar-refractivity contribution in [2.45, 2.75) is 19.4 Å². The van der Waals surface area contributed by atoms with Gasteiger partial charge in [-0.25, -0.2) is 9.99 Å². The zero-order valence-electron chi connectivity index (χ0n) is 16.8. The first-order chi connectivity index (χ1) is 14.8. The largest absolute Gasteiger partial charge is 0.347 e. The summed E-state index contributed by atoms with van der Waals surface area (Å²) in [6.07, 6.45) is 4.10. The Labute approximate surface area is 176 Å². The number of imidazole rings is 1. The Morgan fingerprint density at radius 2 is 1.67 bits per heavy atom. The van der Waals surface area contributed by atoms with Gasteiger partial charge in [-0.1, -0.05) is 54.6 Å². The van der Waals surface area contributed by atoms with Crippen LogP contribution in [0.15, 0.2) is 73.1 Å². The van der Waals surface area contributed by atoms with Crippen molar-refractivity contribution in [2.75, 3.05) is 18.1 Å². The number of nitriles is 1. The summed E-state index contributed by atoms with van der Waals surface area (Å²) < 4.78 is 0. The third-order valence-electron chi connectivity index (χ3n) is 5.78. The number of nitrogens with zero attached hydrogens (tertiary/aromatic N) is 4. The zero-order chi connectivity index (χ0) is 20.3. The summed E-state index contributed by atoms with van der Waals surface area (Å²) in [6, 6.07) is 24.9. The molecule has 0 aliphatic carbocycles. The minimum absolute atomic E-state index is 0.720. The van der Waals surface area contributed by atoms with Gasteiger partial charge in [-0.05, 0) is 25.0 Å². The number of aromatic nitrogens is 2. The lowest BCUT2D eigenvalue weighted by Gasteiger charge is -2.40. The topological polar surface area (TPSA) is 59.0 Å². The number of hydrogen-bond acceptors (Lipinski definition) is 4. The molecule has 30 heavy (non-hydrogen) atoms. The summed E-state index contributed by atoms with van der Waals surface area (Å²) in [7, 11) is 0. The maximum Gasteiger partial charge on any atom is 0.0998 e. The van der Waals surface area contributed by atoms with E-state index in [1.807, 2.05) is 42.5 Å². The Morgan fingerprint density at radius 3 is 2.50 bits per heavy atom. The summed E-state index contributed by atoms with van der Waals surface area (Å²) in [5.41, 5.74) is 5.13. The summed E-state index contributed by atoms with van der Waals surface area (Å²) in [5, 5.41) is 16.4. The van der Waals surface area contributed by atoms with Crippen LogP contribution in [0.4, 0.5) is 5.69 Å². The minimum atomic E-state index is 0.720. The van der Waals surface area contributed by atoms with Gasteiger partial charge >= 0.3 is 0 Å². The van der Waals surface area contributed by atoms with Gasteiger partial charge in [-0.2, -0.15) is 5.26 Å². The Kier molecular flexibility index (Phi) is 4.92. The van der Waals surface area contributed by atoms with Gasteiger partial charge in [-0.3, -0.25) is 0 Å². The van der Waals surface area contributed by atoms with Gasteiger partial charge in [0.2, 0.25) is 0 Å². The molecule has 0 saturated carbocycles. The summed E-state index contributed by atoms with van der Waals surface area (Å²) in [5.74, 6) is 0. The highest BCUT2D eigenvalue weighted by Gasteiger charge is 2.24. The number of anilines is 1. The molecule has 0 spiro atoms. The molecule has 0 atom stereocenters. The minimum Gasteiger partial charge on any atom is -0.347 e. The third kappa shape index (κ3) is 3.32. The molecule has 1 aliphatic heterocycles. The fraction of sp³-hybridized carbons (Fsp3) is 0.200. The molecule has 5 rings (SSSR count). The third-order valence-corrected chi connectivity index (χ3v) is 5.78. The van der Waals surface area contributed by atoms with Crippen LogP contribution in [0, 0.1) is 11.3 Å². The average Bonchev–Trinajstić information content (AvgIpc) is 3.27. The lowest BCUT2D eigenvalue weighted by molar-refractivity contribution is 0.203. The Balaban J connectivity index is 1.51. The molecule has 0 unspecified atom stereocenters. The van der Waals surface area contributed by atoms with Crippen molar-refractivity contribution >= 4 is 16.5 Å². The van der Waals surface area contributed by atoms with Crippen LogP contribution >= 0.6 is 0 Å². The van der Waals surface area contributed by atoms with Crippen molar-refractivity contribution in [1.82, 2.24) is 15.0 Å². The Hall–Kier alpha value is -3.62. The maximum absolute atomic E-state index is 9.51. The second-order valence-corrected chi connectivity index (χ2v) is 7.60. The van der Waals surface area contributed by atoms with E-state index in [-0.39, 0.29) is 0 Å². The lowest BCUT2D eigenvalue weighted by atomic mass is 10.0. The van der Waals surface area contributed by atoms with Crippen LogP contribution in [0.5, 0.6) is 0 Å². The maximum atomic E-state index is 9.51. The highest BCUT2D eigenvalue weighted by Crippen LogP contribution is 2.33. The van der Waals surface area contributed by atoms with Gasteiger partial charge in [-0.15, -0.1) is 0 Å². The van der Waals surface area contributed by atoms with E-state index in [0.29, 0.717) is 0 Å². The SMILES string of the molecule is N#Cc1ccc(N2CCCCN2Cc2[nH]cnc2-c2ccccc2)c2ccccc12. The number of hydrogen-bond donors (Lipinski definition) is 1. The van der Waals surface area contributed by atoms with Crippen molar-refractivity contribution in [3.63, 3.8) is 0 Å². The van der Waals surface area contributed by atoms with Crippen LogP contribution in [0.3, 0.4) is 0 Å². The van der Waals surface area contributed by atoms with Crippen LogP contribution < -0.4 is 5.01 Å². The normalized spacial score (nSPS) is 14.7. The monoisotopic (exact) mass is 393 g/mol. The van der Waals surface area contributed by atoms with Gasteiger partial charge in [0, 0.05) is 29.4 Å². The molecule has 3 aromatic carbocycles. The lowest BCUT2D eigenvalue weighted by Crippen LogP contribution is -2.47. The Bertz CT molecular complexity index is 1210. The Morgan fingerprint density at radius 1 is 0.900 bits per heavy atom. The van der Waals surface area contributed by atoms with Crippen LogP contribution in [0.2, 0.25) is 0 Å². The number of hydrazine groups is 1. The molecule has 0 bridgehead atoms. The fourth-order valence-corrected chi connectivity index (χ4v) is 4.33. The molecule has 148 valence electrons. The molecule has 5 heteroatoms. The van der Waals surface area contributed by atoms with Gasteiger partial charge in [0.1, 0.15) is 0 Å². The fourth-order valence-electron chi connectivity index (χ4n) is 4.33. The smallest absolute Gasteiger partial charge is 0.0998 e. The first-order valence-corrected chi connectivity index (χ1v) is 10.4. The van der Waals surface area contributed by atoms with E-state index >= 15 is 0 Å². The second-order valence-electron chi connectivity index (χ2n) is 7.60. The number of H-pyrrole nitrogens is 1. The second kappa shape index (κ2) is 8.02. The predicted molar refractivity (Wildman–Crippen MR) is 120 cm³/mol. The number of aromatic amines is 1. The first kappa shape index (κ1) is 18.4. The van der Waals surface area contributed by atoms with Gasteiger partial charge in [0.25, 0.3) is 0 Å². The van der Waals surface area contributed by atoms with E-state index in [0.717, 1.165) is 65.0 Å². The molecule has 0 radical (unpaired) electrons. The highest BCUT2D eigenvalue weighted by atomic mass is 15.6. The average molecular weight is 393 g/mol. The van der Waals surface area contributed by atoms with E-state index in [4.69, 9.17) is 0 Å². The molecule has 2 heterocycles. The molecule has 1 aromatic heterocycles. The molecule has 5 nitrogen and oxygen atoms in total. The molecule has 0 amide bonds. The van der Waals surface area contributed by atoms with E-state index in [1.165, 1.54) is 6.42 Å². The standard InChI is InChI=1S/C25H23N5/c26-16-20-12-13-24(22-11-5-4-10-21(20)22)30-15-7-6-14-29(30)17-23-25(28-18-27-23)19-8-2-1-3-9-19/h1-5,8-13,18H,6-7,14-15,17H2,(H,27,28). The van der Waals surface area contributed by atoms with Gasteiger partial charge in [0.05, 0.1) is 41.6 Å². The van der Waals surface area contributed by atoms with E-state index < -0.39 is 0 Å². The van der Waals surface area contributed by atoms with E-state index in [2.05, 4.69) is 50.3 Å². The van der Waals surface area contributed by atoms with Gasteiger partial charge in [0.15, 0.2) is 0 Å². The van der Waals surface area contributed by atoms with Crippen molar-refractivity contribution in [3.05, 3.63) is 84.3 Å². The summed E-state index contributed by atoms with van der Waals surface area (Å²) in [4.78, 5) is 7.94. The van der Waals surface area contributed by atoms with Crippen LogP contribution in [0.1, 0.15) is 24.1 Å². The van der Waals surface area contributed by atoms with Crippen molar-refractivity contribution in [3.8, 4) is 17.3 Å².